The van der Waals surface area contributed by atoms with E-state index < -0.39 is 38.6 Å². The third-order valence-electron chi connectivity index (χ3n) is 8.89. The second kappa shape index (κ2) is 40.7. The van der Waals surface area contributed by atoms with Crippen LogP contribution in [0.25, 0.3) is 0 Å². The Morgan fingerprint density at radius 2 is 1.16 bits per heavy atom. The van der Waals surface area contributed by atoms with Gasteiger partial charge in [0.25, 0.3) is 7.82 Å². The van der Waals surface area contributed by atoms with Crippen molar-refractivity contribution in [3.63, 3.8) is 0 Å². The summed E-state index contributed by atoms with van der Waals surface area (Å²) in [6.07, 6.45) is 51.7. The zero-order valence-corrected chi connectivity index (χ0v) is 39.3. The highest BCUT2D eigenvalue weighted by atomic mass is 31.2. The van der Waals surface area contributed by atoms with E-state index in [2.05, 4.69) is 86.8 Å². The first kappa shape index (κ1) is 57.6. The predicted octanol–water partition coefficient (Wildman–Crippen LogP) is 11.5. The number of unbranched alkanes of at least 4 members (excludes halogenated alkanes) is 6. The number of likely N-dealkylation sites (N-methyl/N-ethyl adjacent to an activating group) is 1. The van der Waals surface area contributed by atoms with Gasteiger partial charge in [0.2, 0.25) is 0 Å². The number of carbonyl (C=O) groups is 2. The molecule has 0 amide bonds. The molecule has 61 heavy (non-hydrogen) atoms. The first-order valence-corrected chi connectivity index (χ1v) is 24.2. The van der Waals surface area contributed by atoms with Gasteiger partial charge in [0, 0.05) is 12.8 Å². The molecule has 2 unspecified atom stereocenters. The molecule has 0 saturated heterocycles. The minimum atomic E-state index is -4.70. The lowest BCUT2D eigenvalue weighted by Crippen LogP contribution is -2.37. The van der Waals surface area contributed by atoms with Crippen LogP contribution in [0.1, 0.15) is 136 Å². The minimum Gasteiger partial charge on any atom is -0.756 e. The molecule has 11 heteroatoms. The standard InChI is InChI=1S/C50H82NO9P/c1-6-8-10-12-14-16-18-20-21-22-23-24-25-27-29-31-33-35-37-41-49(53)57-45-48(46-59-61(55,56)58-44-43-51(3,4)5)60-50(54)42-38-40-47(52)39-36-34-32-30-28-26-19-17-15-13-11-9-7-2/h8,10,14,16,20-21,23-24,26-29,32-36,39,47-48,52H,6-7,9,11-13,15,17-19,22,25,30-31,37-38,40-46H2,1-5H3/b10-8-,16-14-,21-20-,24-23-,28-26+,29-27-,34-32+,35-33-,39-36+/t47?,48-/m1/s1. The van der Waals surface area contributed by atoms with Gasteiger partial charge >= 0.3 is 11.9 Å². The second-order valence-electron chi connectivity index (χ2n) is 15.9. The van der Waals surface area contributed by atoms with Gasteiger partial charge in [-0.3, -0.25) is 14.2 Å². The molecule has 0 radical (unpaired) electrons. The van der Waals surface area contributed by atoms with Crippen molar-refractivity contribution in [2.75, 3.05) is 47.5 Å². The number of esters is 2. The highest BCUT2D eigenvalue weighted by Crippen LogP contribution is 2.38. The van der Waals surface area contributed by atoms with Crippen molar-refractivity contribution < 1.29 is 47.2 Å². The molecular formula is C50H82NO9P. The average Bonchev–Trinajstić information content (AvgIpc) is 3.21. The van der Waals surface area contributed by atoms with Gasteiger partial charge < -0.3 is 33.0 Å². The van der Waals surface area contributed by atoms with Crippen molar-refractivity contribution in [2.24, 2.45) is 0 Å². The molecule has 346 valence electrons. The van der Waals surface area contributed by atoms with Crippen LogP contribution in [0.2, 0.25) is 0 Å². The van der Waals surface area contributed by atoms with E-state index in [-0.39, 0.29) is 26.1 Å². The van der Waals surface area contributed by atoms with Crippen molar-refractivity contribution in [3.8, 4) is 0 Å². The van der Waals surface area contributed by atoms with Crippen molar-refractivity contribution in [2.45, 2.75) is 148 Å². The van der Waals surface area contributed by atoms with Crippen molar-refractivity contribution >= 4 is 19.8 Å². The van der Waals surface area contributed by atoms with Crippen LogP contribution in [0.15, 0.2) is 109 Å². The van der Waals surface area contributed by atoms with Crippen LogP contribution in [-0.4, -0.2) is 81.2 Å². The lowest BCUT2D eigenvalue weighted by atomic mass is 10.1. The maximum Gasteiger partial charge on any atom is 0.306 e. The summed E-state index contributed by atoms with van der Waals surface area (Å²) in [5.74, 6) is -1.14. The van der Waals surface area contributed by atoms with Gasteiger partial charge in [-0.2, -0.15) is 0 Å². The summed E-state index contributed by atoms with van der Waals surface area (Å²) in [4.78, 5) is 37.6. The fraction of sp³-hybridized carbons (Fsp3) is 0.600. The number of hydrogen-bond acceptors (Lipinski definition) is 9. The van der Waals surface area contributed by atoms with Crippen LogP contribution >= 0.6 is 7.82 Å². The van der Waals surface area contributed by atoms with Crippen LogP contribution in [-0.2, 0) is 32.7 Å². The largest absolute Gasteiger partial charge is 0.756 e. The maximum absolute atomic E-state index is 12.7. The predicted molar refractivity (Wildman–Crippen MR) is 251 cm³/mol. The van der Waals surface area contributed by atoms with E-state index in [1.165, 1.54) is 38.5 Å². The number of phosphoric ester groups is 1. The smallest absolute Gasteiger partial charge is 0.306 e. The number of hydrogen-bond donors (Lipinski definition) is 1. The van der Waals surface area contributed by atoms with Crippen molar-refractivity contribution in [1.29, 1.82) is 0 Å². The summed E-state index contributed by atoms with van der Waals surface area (Å²) in [6.45, 7) is 3.77. The van der Waals surface area contributed by atoms with E-state index in [1.54, 1.807) is 12.2 Å². The number of phosphoric acid groups is 1. The Kier molecular flexibility index (Phi) is 38.4. The third kappa shape index (κ3) is 44.5. The Labute approximate surface area is 370 Å². The van der Waals surface area contributed by atoms with E-state index in [4.69, 9.17) is 18.5 Å². The van der Waals surface area contributed by atoms with Crippen LogP contribution in [0.5, 0.6) is 0 Å². The van der Waals surface area contributed by atoms with Crippen molar-refractivity contribution in [1.82, 2.24) is 0 Å². The van der Waals surface area contributed by atoms with E-state index >= 15 is 0 Å². The molecule has 1 N–H and O–H groups in total. The van der Waals surface area contributed by atoms with Gasteiger partial charge in [-0.05, 0) is 77.0 Å². The van der Waals surface area contributed by atoms with Crippen molar-refractivity contribution in [3.05, 3.63) is 109 Å². The van der Waals surface area contributed by atoms with Crippen LogP contribution in [0.3, 0.4) is 0 Å². The van der Waals surface area contributed by atoms with E-state index in [9.17, 15) is 24.2 Å². The zero-order valence-electron chi connectivity index (χ0n) is 38.4. The summed E-state index contributed by atoms with van der Waals surface area (Å²) in [6, 6.07) is 0. The van der Waals surface area contributed by atoms with Gasteiger partial charge in [-0.25, -0.2) is 0 Å². The Balaban J connectivity index is 4.67. The molecule has 0 aromatic rings. The second-order valence-corrected chi connectivity index (χ2v) is 17.3. The molecule has 0 spiro atoms. The summed E-state index contributed by atoms with van der Waals surface area (Å²) in [7, 11) is 0.993. The molecule has 0 heterocycles. The minimum absolute atomic E-state index is 0.0215. The summed E-state index contributed by atoms with van der Waals surface area (Å²) in [5, 5.41) is 10.3. The molecule has 0 bridgehead atoms. The Hall–Kier alpha value is -3.37. The van der Waals surface area contributed by atoms with Crippen LogP contribution in [0.4, 0.5) is 0 Å². The highest BCUT2D eigenvalue weighted by molar-refractivity contribution is 7.45. The number of quaternary nitrogens is 1. The number of aliphatic hydroxyl groups is 1. The fourth-order valence-electron chi connectivity index (χ4n) is 5.33. The Morgan fingerprint density at radius 1 is 0.623 bits per heavy atom. The molecule has 0 aliphatic heterocycles. The molecule has 0 aliphatic rings. The quantitative estimate of drug-likeness (QED) is 0.0160. The number of ether oxygens (including phenoxy) is 2. The number of nitrogens with zero attached hydrogens (tertiary/aromatic N) is 1. The molecule has 0 aromatic heterocycles. The number of rotatable bonds is 39. The monoisotopic (exact) mass is 872 g/mol. The van der Waals surface area contributed by atoms with Gasteiger partial charge in [-0.15, -0.1) is 0 Å². The maximum atomic E-state index is 12.7. The number of aliphatic hydroxyl groups excluding tert-OH is 1. The molecule has 0 fully saturated rings. The van der Waals surface area contributed by atoms with E-state index in [1.807, 2.05) is 45.4 Å². The van der Waals surface area contributed by atoms with Gasteiger partial charge in [0.1, 0.15) is 19.8 Å². The molecule has 0 aliphatic carbocycles. The lowest BCUT2D eigenvalue weighted by Gasteiger charge is -2.28. The fourth-order valence-corrected chi connectivity index (χ4v) is 6.06. The molecule has 0 aromatic carbocycles. The SMILES string of the molecule is CC/C=C\C/C=C\C/C=C\C/C=C\C/C=C\C/C=C\CCC(=O)OC[C@H](COP(=O)([O-])OCC[N+](C)(C)C)OC(=O)CCCC(O)/C=C/C=C/C/C=C/CCCCCCCC. The molecule has 0 rings (SSSR count). The average molecular weight is 872 g/mol. The molecule has 10 nitrogen and oxygen atoms in total. The lowest BCUT2D eigenvalue weighted by molar-refractivity contribution is -0.870. The van der Waals surface area contributed by atoms with Gasteiger partial charge in [0.15, 0.2) is 6.10 Å². The van der Waals surface area contributed by atoms with E-state index in [0.717, 1.165) is 51.4 Å². The summed E-state index contributed by atoms with van der Waals surface area (Å²) in [5.41, 5.74) is 0. The topological polar surface area (TPSA) is 131 Å². The first-order valence-electron chi connectivity index (χ1n) is 22.7. The normalized spacial score (nSPS) is 15.1. The number of carbonyl (C=O) groups excluding carboxylic acids is 2. The zero-order chi connectivity index (χ0) is 45.1. The Bertz CT molecular complexity index is 1420. The first-order chi connectivity index (χ1) is 29.4. The van der Waals surface area contributed by atoms with Crippen LogP contribution < -0.4 is 4.89 Å². The third-order valence-corrected chi connectivity index (χ3v) is 9.86. The molecule has 0 saturated carbocycles. The summed E-state index contributed by atoms with van der Waals surface area (Å²) >= 11 is 0. The molecule has 3 atom stereocenters. The van der Waals surface area contributed by atoms with Crippen LogP contribution in [0, 0.1) is 0 Å². The van der Waals surface area contributed by atoms with Gasteiger partial charge in [-0.1, -0.05) is 155 Å². The number of allylic oxidation sites excluding steroid dienone is 17. The molecular weight excluding hydrogens is 790 g/mol. The Morgan fingerprint density at radius 3 is 1.75 bits per heavy atom. The van der Waals surface area contributed by atoms with Gasteiger partial charge in [0.05, 0.1) is 33.9 Å². The van der Waals surface area contributed by atoms with E-state index in [0.29, 0.717) is 30.3 Å². The highest BCUT2D eigenvalue weighted by Gasteiger charge is 2.21. The summed E-state index contributed by atoms with van der Waals surface area (Å²) < 4.78 is 33.6.